The van der Waals surface area contributed by atoms with Crippen LogP contribution in [0.1, 0.15) is 87.2 Å². The number of rotatable bonds is 10. The van der Waals surface area contributed by atoms with Crippen molar-refractivity contribution in [1.29, 1.82) is 0 Å². The number of Topliss-reactive ketones (excluding diaryl/α,β-unsaturated/α-hetero) is 1. The maximum atomic E-state index is 13.0. The van der Waals surface area contributed by atoms with E-state index < -0.39 is 36.4 Å². The van der Waals surface area contributed by atoms with Crippen molar-refractivity contribution in [3.63, 3.8) is 0 Å². The number of nitrogens with one attached hydrogen (secondary N) is 1. The summed E-state index contributed by atoms with van der Waals surface area (Å²) >= 11 is 0. The molecule has 1 fully saturated rings. The van der Waals surface area contributed by atoms with E-state index in [-0.39, 0.29) is 12.4 Å². The molecule has 0 aliphatic heterocycles. The van der Waals surface area contributed by atoms with Crippen LogP contribution in [-0.2, 0) is 25.6 Å². The first kappa shape index (κ1) is 28.4. The zero-order valence-corrected chi connectivity index (χ0v) is 22.3. The molecule has 0 heterocycles. The second-order valence-electron chi connectivity index (χ2n) is 10.6. The minimum Gasteiger partial charge on any atom is -0.456 e. The molecule has 0 aromatic heterocycles. The Morgan fingerprint density at radius 3 is 2.22 bits per heavy atom. The largest absolute Gasteiger partial charge is 0.456 e. The van der Waals surface area contributed by atoms with Crippen LogP contribution in [0.5, 0.6) is 0 Å². The molecule has 2 aromatic rings. The van der Waals surface area contributed by atoms with Crippen LogP contribution < -0.4 is 5.32 Å². The molecular weight excluding hydrogens is 470 g/mol. The average molecular weight is 510 g/mol. The highest BCUT2D eigenvalue weighted by atomic mass is 16.6. The topological polar surface area (TPSA) is 90.9 Å². The molecule has 7 nitrogen and oxygen atoms in total. The maximum Gasteiger partial charge on any atom is 0.408 e. The molecule has 0 unspecified atom stereocenters. The Labute approximate surface area is 219 Å². The van der Waals surface area contributed by atoms with Crippen molar-refractivity contribution in [2.24, 2.45) is 0 Å². The van der Waals surface area contributed by atoms with E-state index in [9.17, 15) is 14.4 Å². The molecule has 1 N–H and O–H groups in total. The van der Waals surface area contributed by atoms with Gasteiger partial charge in [-0.3, -0.25) is 4.79 Å². The highest BCUT2D eigenvalue weighted by molar-refractivity contribution is 5.98. The molecular formula is C30H39NO6. The van der Waals surface area contributed by atoms with Crippen molar-refractivity contribution in [3.05, 3.63) is 71.3 Å². The summed E-state index contributed by atoms with van der Waals surface area (Å²) in [6.07, 6.45) is 4.64. The summed E-state index contributed by atoms with van der Waals surface area (Å²) in [6.45, 7) is 6.67. The number of carbonyl (C=O) groups excluding carboxylic acids is 3. The molecule has 1 amide bonds. The molecule has 0 spiro atoms. The van der Waals surface area contributed by atoms with Crippen molar-refractivity contribution in [2.45, 2.75) is 90.1 Å². The fourth-order valence-electron chi connectivity index (χ4n) is 4.39. The van der Waals surface area contributed by atoms with Crippen LogP contribution in [0.2, 0.25) is 0 Å². The highest BCUT2D eigenvalue weighted by Gasteiger charge is 2.31. The van der Waals surface area contributed by atoms with Gasteiger partial charge >= 0.3 is 12.1 Å². The van der Waals surface area contributed by atoms with Gasteiger partial charge in [-0.05, 0) is 57.6 Å². The van der Waals surface area contributed by atoms with Crippen LogP contribution in [0.15, 0.2) is 54.6 Å². The minimum atomic E-state index is -1.15. The van der Waals surface area contributed by atoms with Crippen LogP contribution in [0.3, 0.4) is 0 Å². The Balaban J connectivity index is 1.60. The van der Waals surface area contributed by atoms with Gasteiger partial charge in [0, 0.05) is 5.56 Å². The van der Waals surface area contributed by atoms with Gasteiger partial charge in [0.25, 0.3) is 0 Å². The lowest BCUT2D eigenvalue weighted by atomic mass is 9.84. The predicted octanol–water partition coefficient (Wildman–Crippen LogP) is 5.96. The molecule has 7 heteroatoms. The summed E-state index contributed by atoms with van der Waals surface area (Å²) in [5.41, 5.74) is 1.91. The van der Waals surface area contributed by atoms with Crippen molar-refractivity contribution >= 4 is 17.8 Å². The molecule has 1 aliphatic rings. The third-order valence-electron chi connectivity index (χ3n) is 6.41. The number of alkyl carbamates (subject to hydrolysis) is 1. The van der Waals surface area contributed by atoms with Gasteiger partial charge in [-0.15, -0.1) is 0 Å². The van der Waals surface area contributed by atoms with E-state index in [4.69, 9.17) is 14.2 Å². The molecule has 1 aliphatic carbocycles. The Morgan fingerprint density at radius 1 is 0.946 bits per heavy atom. The first-order valence-electron chi connectivity index (χ1n) is 13.1. The summed E-state index contributed by atoms with van der Waals surface area (Å²) in [5, 5.41) is 2.54. The zero-order valence-electron chi connectivity index (χ0n) is 22.3. The quantitative estimate of drug-likeness (QED) is 0.314. The molecule has 2 atom stereocenters. The molecule has 1 saturated carbocycles. The summed E-state index contributed by atoms with van der Waals surface area (Å²) in [7, 11) is 0. The second-order valence-corrected chi connectivity index (χ2v) is 10.6. The van der Waals surface area contributed by atoms with Gasteiger partial charge in [0.15, 0.2) is 18.4 Å². The zero-order chi connectivity index (χ0) is 26.8. The van der Waals surface area contributed by atoms with Crippen LogP contribution in [0.4, 0.5) is 4.79 Å². The first-order valence-corrected chi connectivity index (χ1v) is 13.1. The maximum absolute atomic E-state index is 13.0. The normalized spacial score (nSPS) is 15.9. The van der Waals surface area contributed by atoms with Gasteiger partial charge in [-0.25, -0.2) is 9.59 Å². The number of ketones is 1. The monoisotopic (exact) mass is 509 g/mol. The van der Waals surface area contributed by atoms with Crippen LogP contribution in [0.25, 0.3) is 0 Å². The molecule has 0 saturated heterocycles. The summed E-state index contributed by atoms with van der Waals surface area (Å²) in [5.74, 6) is -0.524. The fraction of sp³-hybridized carbons (Fsp3) is 0.500. The molecule has 0 radical (unpaired) electrons. The standard InChI is InChI=1S/C30H39NO6/c1-21(35-19-22-11-7-5-8-12-22)27(31-29(34)37-30(2,3)4)28(33)36-20-26(32)25-17-15-24(16-18-25)23-13-9-6-10-14-23/h5,7-8,11-12,15-18,21,23,27H,6,9-10,13-14,19-20H2,1-4H3,(H,31,34)/t21-,27-/m1/s1. The van der Waals surface area contributed by atoms with Gasteiger partial charge < -0.3 is 19.5 Å². The number of ether oxygens (including phenoxy) is 3. The Morgan fingerprint density at radius 2 is 1.59 bits per heavy atom. The van der Waals surface area contributed by atoms with Gasteiger partial charge in [0.05, 0.1) is 12.7 Å². The van der Waals surface area contributed by atoms with E-state index in [2.05, 4.69) is 5.32 Å². The van der Waals surface area contributed by atoms with E-state index in [1.807, 2.05) is 42.5 Å². The smallest absolute Gasteiger partial charge is 0.408 e. The molecule has 0 bridgehead atoms. The van der Waals surface area contributed by atoms with Gasteiger partial charge in [0.2, 0.25) is 0 Å². The lowest BCUT2D eigenvalue weighted by molar-refractivity contribution is -0.149. The van der Waals surface area contributed by atoms with Crippen LogP contribution in [-0.4, -0.2) is 42.2 Å². The lowest BCUT2D eigenvalue weighted by Gasteiger charge is -2.26. The minimum absolute atomic E-state index is 0.244. The Hall–Kier alpha value is -3.19. The van der Waals surface area contributed by atoms with Gasteiger partial charge in [-0.1, -0.05) is 73.9 Å². The summed E-state index contributed by atoms with van der Waals surface area (Å²) in [6, 6.07) is 15.9. The molecule has 3 rings (SSSR count). The highest BCUT2D eigenvalue weighted by Crippen LogP contribution is 2.32. The van der Waals surface area contributed by atoms with E-state index in [1.165, 1.54) is 37.7 Å². The SMILES string of the molecule is C[C@@H](OCc1ccccc1)[C@@H](NC(=O)OC(C)(C)C)C(=O)OCC(=O)c1ccc(C2CCCCC2)cc1. The molecule has 37 heavy (non-hydrogen) atoms. The van der Waals surface area contributed by atoms with Crippen LogP contribution >= 0.6 is 0 Å². The van der Waals surface area contributed by atoms with E-state index in [0.29, 0.717) is 11.5 Å². The number of esters is 1. The third kappa shape index (κ3) is 9.32. The predicted molar refractivity (Wildman–Crippen MR) is 141 cm³/mol. The number of amides is 1. The summed E-state index contributed by atoms with van der Waals surface area (Å²) < 4.78 is 16.5. The first-order chi connectivity index (χ1) is 17.6. The number of hydrogen-bond acceptors (Lipinski definition) is 6. The van der Waals surface area contributed by atoms with E-state index >= 15 is 0 Å². The number of hydrogen-bond donors (Lipinski definition) is 1. The van der Waals surface area contributed by atoms with Gasteiger partial charge in [0.1, 0.15) is 5.60 Å². The Bertz CT molecular complexity index is 1020. The van der Waals surface area contributed by atoms with Crippen molar-refractivity contribution in [1.82, 2.24) is 5.32 Å². The average Bonchev–Trinajstić information content (AvgIpc) is 2.89. The van der Waals surface area contributed by atoms with Gasteiger partial charge in [-0.2, -0.15) is 0 Å². The number of benzene rings is 2. The van der Waals surface area contributed by atoms with Crippen molar-refractivity contribution in [3.8, 4) is 0 Å². The van der Waals surface area contributed by atoms with Crippen LogP contribution in [0, 0.1) is 0 Å². The van der Waals surface area contributed by atoms with E-state index in [1.54, 1.807) is 39.8 Å². The Kier molecular flexibility index (Phi) is 10.3. The molecule has 200 valence electrons. The van der Waals surface area contributed by atoms with Crippen molar-refractivity contribution in [2.75, 3.05) is 6.61 Å². The fourth-order valence-corrected chi connectivity index (χ4v) is 4.39. The second kappa shape index (κ2) is 13.4. The third-order valence-corrected chi connectivity index (χ3v) is 6.41. The lowest BCUT2D eigenvalue weighted by Crippen LogP contribution is -2.51. The number of carbonyl (C=O) groups is 3. The summed E-state index contributed by atoms with van der Waals surface area (Å²) in [4.78, 5) is 38.1. The van der Waals surface area contributed by atoms with Crippen molar-refractivity contribution < 1.29 is 28.6 Å². The molecule has 2 aromatic carbocycles. The van der Waals surface area contributed by atoms with E-state index in [0.717, 1.165) is 5.56 Å².